The van der Waals surface area contributed by atoms with Crippen molar-refractivity contribution in [3.8, 4) is 11.5 Å². The summed E-state index contributed by atoms with van der Waals surface area (Å²) in [5.41, 5.74) is 1.95. The number of hydrogen-bond acceptors (Lipinski definition) is 6. The van der Waals surface area contributed by atoms with Gasteiger partial charge >= 0.3 is 0 Å². The summed E-state index contributed by atoms with van der Waals surface area (Å²) in [4.78, 5) is 15.1. The smallest absolute Gasteiger partial charge is 0.269 e. The highest BCUT2D eigenvalue weighted by Gasteiger charge is 2.19. The van der Waals surface area contributed by atoms with Crippen LogP contribution in [0.5, 0.6) is 11.5 Å². The molecule has 1 aliphatic heterocycles. The summed E-state index contributed by atoms with van der Waals surface area (Å²) >= 11 is 0. The number of benzene rings is 2. The Morgan fingerprint density at radius 1 is 1.08 bits per heavy atom. The van der Waals surface area contributed by atoms with Crippen LogP contribution in [0.1, 0.15) is 11.1 Å². The average Bonchev–Trinajstić information content (AvgIpc) is 2.65. The summed E-state index contributed by atoms with van der Waals surface area (Å²) in [6.45, 7) is 4.91. The van der Waals surface area contributed by atoms with Crippen LogP contribution in [0.15, 0.2) is 42.5 Å². The Hall–Kier alpha value is -2.64. The number of non-ortho nitro benzene ring substituents is 1. The van der Waals surface area contributed by atoms with Crippen LogP contribution in [0.2, 0.25) is 0 Å². The lowest BCUT2D eigenvalue weighted by Gasteiger charge is -2.34. The third-order valence-corrected chi connectivity index (χ3v) is 4.67. The standard InChI is InChI=1S/C19H23N3O4/c1-26-18-5-6-19(23)16(12-18)14-21-9-7-20(8-10-21)13-15-3-2-4-17(11-15)22(24)25/h2-6,11-12,23H,7-10,13-14H2,1H3. The SMILES string of the molecule is COc1ccc(O)c(CN2CCN(Cc3cccc([N+](=O)[O-])c3)CC2)c1. The lowest BCUT2D eigenvalue weighted by atomic mass is 10.1. The zero-order valence-electron chi connectivity index (χ0n) is 14.8. The number of ether oxygens (including phenoxy) is 1. The quantitative estimate of drug-likeness (QED) is 0.632. The van der Waals surface area contributed by atoms with Gasteiger partial charge in [-0.1, -0.05) is 12.1 Å². The first-order valence-electron chi connectivity index (χ1n) is 8.59. The van der Waals surface area contributed by atoms with E-state index in [1.807, 2.05) is 12.1 Å². The number of piperazine rings is 1. The first kappa shape index (κ1) is 18.2. The van der Waals surface area contributed by atoms with Gasteiger partial charge in [0.25, 0.3) is 5.69 Å². The van der Waals surface area contributed by atoms with Crippen molar-refractivity contribution in [2.45, 2.75) is 13.1 Å². The number of phenols is 1. The minimum Gasteiger partial charge on any atom is -0.508 e. The third-order valence-electron chi connectivity index (χ3n) is 4.67. The molecule has 1 saturated heterocycles. The molecule has 26 heavy (non-hydrogen) atoms. The van der Waals surface area contributed by atoms with E-state index in [0.717, 1.165) is 43.1 Å². The number of aromatic hydroxyl groups is 1. The van der Waals surface area contributed by atoms with Crippen LogP contribution in [0.25, 0.3) is 0 Å². The molecule has 3 rings (SSSR count). The summed E-state index contributed by atoms with van der Waals surface area (Å²) < 4.78 is 5.22. The molecule has 7 heteroatoms. The highest BCUT2D eigenvalue weighted by Crippen LogP contribution is 2.25. The molecule has 0 aromatic heterocycles. The Kier molecular flexibility index (Phi) is 5.70. The zero-order chi connectivity index (χ0) is 18.5. The number of phenolic OH excluding ortho intramolecular Hbond substituents is 1. The van der Waals surface area contributed by atoms with Crippen LogP contribution in [0.4, 0.5) is 5.69 Å². The van der Waals surface area contributed by atoms with Gasteiger partial charge in [-0.25, -0.2) is 0 Å². The van der Waals surface area contributed by atoms with Crippen molar-refractivity contribution in [2.24, 2.45) is 0 Å². The molecule has 1 aliphatic rings. The van der Waals surface area contributed by atoms with E-state index in [1.54, 1.807) is 31.4 Å². The predicted molar refractivity (Wildman–Crippen MR) is 98.3 cm³/mol. The minimum atomic E-state index is -0.359. The third kappa shape index (κ3) is 4.50. The first-order chi connectivity index (χ1) is 12.5. The van der Waals surface area contributed by atoms with Gasteiger partial charge in [0.05, 0.1) is 12.0 Å². The fourth-order valence-corrected chi connectivity index (χ4v) is 3.19. The second-order valence-electron chi connectivity index (χ2n) is 6.47. The second kappa shape index (κ2) is 8.16. The summed E-state index contributed by atoms with van der Waals surface area (Å²) in [7, 11) is 1.61. The van der Waals surface area contributed by atoms with E-state index in [4.69, 9.17) is 4.74 Å². The summed E-state index contributed by atoms with van der Waals surface area (Å²) in [6, 6.07) is 12.1. The molecule has 0 unspecified atom stereocenters. The molecule has 7 nitrogen and oxygen atoms in total. The molecule has 2 aromatic rings. The maximum atomic E-state index is 10.9. The molecule has 138 valence electrons. The maximum absolute atomic E-state index is 10.9. The van der Waals surface area contributed by atoms with E-state index >= 15 is 0 Å². The Morgan fingerprint density at radius 2 is 1.77 bits per heavy atom. The van der Waals surface area contributed by atoms with E-state index in [0.29, 0.717) is 13.1 Å². The van der Waals surface area contributed by atoms with E-state index in [2.05, 4.69) is 9.80 Å². The van der Waals surface area contributed by atoms with Crippen molar-refractivity contribution in [1.82, 2.24) is 9.80 Å². The zero-order valence-corrected chi connectivity index (χ0v) is 14.8. The number of methoxy groups -OCH3 is 1. The number of rotatable bonds is 6. The van der Waals surface area contributed by atoms with Gasteiger partial charge in [0, 0.05) is 57.0 Å². The van der Waals surface area contributed by atoms with Gasteiger partial charge in [-0.15, -0.1) is 0 Å². The molecule has 0 bridgehead atoms. The molecule has 0 radical (unpaired) electrons. The van der Waals surface area contributed by atoms with Gasteiger partial charge < -0.3 is 9.84 Å². The van der Waals surface area contributed by atoms with E-state index in [1.165, 1.54) is 6.07 Å². The number of nitrogens with zero attached hydrogens (tertiary/aromatic N) is 3. The Labute approximate surface area is 152 Å². The monoisotopic (exact) mass is 357 g/mol. The first-order valence-corrected chi connectivity index (χ1v) is 8.59. The van der Waals surface area contributed by atoms with Gasteiger partial charge in [0.2, 0.25) is 0 Å². The van der Waals surface area contributed by atoms with Gasteiger partial charge in [0.15, 0.2) is 0 Å². The van der Waals surface area contributed by atoms with Crippen LogP contribution < -0.4 is 4.74 Å². The molecular formula is C19H23N3O4. The summed E-state index contributed by atoms with van der Waals surface area (Å²) in [6.07, 6.45) is 0. The lowest BCUT2D eigenvalue weighted by molar-refractivity contribution is -0.384. The van der Waals surface area contributed by atoms with Crippen LogP contribution >= 0.6 is 0 Å². The molecule has 1 N–H and O–H groups in total. The van der Waals surface area contributed by atoms with Crippen molar-refractivity contribution < 1.29 is 14.8 Å². The molecule has 0 amide bonds. The van der Waals surface area contributed by atoms with Crippen molar-refractivity contribution in [3.63, 3.8) is 0 Å². The Morgan fingerprint density at radius 3 is 2.42 bits per heavy atom. The van der Waals surface area contributed by atoms with E-state index in [-0.39, 0.29) is 16.4 Å². The number of nitro benzene ring substituents is 1. The van der Waals surface area contributed by atoms with Gasteiger partial charge in [0.1, 0.15) is 11.5 Å². The minimum absolute atomic E-state index is 0.134. The predicted octanol–water partition coefficient (Wildman–Crippen LogP) is 2.63. The van der Waals surface area contributed by atoms with Gasteiger partial charge in [-0.2, -0.15) is 0 Å². The Balaban J connectivity index is 1.54. The van der Waals surface area contributed by atoms with E-state index in [9.17, 15) is 15.2 Å². The van der Waals surface area contributed by atoms with E-state index < -0.39 is 0 Å². The normalized spacial score (nSPS) is 15.7. The molecule has 2 aromatic carbocycles. The highest BCUT2D eigenvalue weighted by molar-refractivity contribution is 5.39. The van der Waals surface area contributed by atoms with Crippen molar-refractivity contribution in [1.29, 1.82) is 0 Å². The fraction of sp³-hybridized carbons (Fsp3) is 0.368. The Bertz CT molecular complexity index is 773. The lowest BCUT2D eigenvalue weighted by Crippen LogP contribution is -2.45. The maximum Gasteiger partial charge on any atom is 0.269 e. The number of nitro groups is 1. The highest BCUT2D eigenvalue weighted by atomic mass is 16.6. The molecule has 0 aliphatic carbocycles. The molecule has 0 spiro atoms. The topological polar surface area (TPSA) is 79.1 Å². The summed E-state index contributed by atoms with van der Waals surface area (Å²) in [5, 5.41) is 20.9. The fourth-order valence-electron chi connectivity index (χ4n) is 3.19. The van der Waals surface area contributed by atoms with Crippen molar-refractivity contribution in [2.75, 3.05) is 33.3 Å². The molecule has 0 atom stereocenters. The molecular weight excluding hydrogens is 334 g/mol. The van der Waals surface area contributed by atoms with Crippen LogP contribution in [-0.2, 0) is 13.1 Å². The van der Waals surface area contributed by atoms with Crippen LogP contribution in [0, 0.1) is 10.1 Å². The van der Waals surface area contributed by atoms with Gasteiger partial charge in [-0.3, -0.25) is 19.9 Å². The number of hydrogen-bond donors (Lipinski definition) is 1. The van der Waals surface area contributed by atoms with Crippen LogP contribution in [-0.4, -0.2) is 53.1 Å². The molecule has 0 saturated carbocycles. The van der Waals surface area contributed by atoms with Gasteiger partial charge in [-0.05, 0) is 23.8 Å². The largest absolute Gasteiger partial charge is 0.508 e. The molecule has 1 fully saturated rings. The average molecular weight is 357 g/mol. The van der Waals surface area contributed by atoms with Crippen molar-refractivity contribution >= 4 is 5.69 Å². The van der Waals surface area contributed by atoms with Crippen molar-refractivity contribution in [3.05, 3.63) is 63.7 Å². The summed E-state index contributed by atoms with van der Waals surface area (Å²) in [5.74, 6) is 1.02. The molecule has 1 heterocycles. The van der Waals surface area contributed by atoms with Crippen LogP contribution in [0.3, 0.4) is 0 Å². The second-order valence-corrected chi connectivity index (χ2v) is 6.47.